The van der Waals surface area contributed by atoms with E-state index in [1.807, 2.05) is 55.5 Å². The number of ether oxygens (including phenoxy) is 4. The molecular formula is C27H31ClN2O5. The third kappa shape index (κ3) is 7.53. The normalized spacial score (nSPS) is 10.5. The van der Waals surface area contributed by atoms with E-state index in [1.165, 1.54) is 0 Å². The van der Waals surface area contributed by atoms with E-state index in [0.29, 0.717) is 36.8 Å². The lowest BCUT2D eigenvalue weighted by molar-refractivity contribution is 0.0953. The topological polar surface area (TPSA) is 78.1 Å². The van der Waals surface area contributed by atoms with E-state index in [0.717, 1.165) is 29.2 Å². The van der Waals surface area contributed by atoms with Gasteiger partial charge in [-0.05, 0) is 54.1 Å². The van der Waals surface area contributed by atoms with Crippen LogP contribution in [0.5, 0.6) is 23.0 Å². The van der Waals surface area contributed by atoms with Crippen molar-refractivity contribution in [2.75, 3.05) is 33.9 Å². The van der Waals surface area contributed by atoms with Gasteiger partial charge in [-0.25, -0.2) is 0 Å². The van der Waals surface area contributed by atoms with Crippen molar-refractivity contribution >= 4 is 17.5 Å². The van der Waals surface area contributed by atoms with Crippen molar-refractivity contribution in [1.82, 2.24) is 10.6 Å². The Labute approximate surface area is 211 Å². The fourth-order valence-corrected chi connectivity index (χ4v) is 3.55. The Kier molecular flexibility index (Phi) is 10.1. The van der Waals surface area contributed by atoms with E-state index >= 15 is 0 Å². The molecule has 1 amide bonds. The molecule has 3 aromatic carbocycles. The molecule has 0 unspecified atom stereocenters. The summed E-state index contributed by atoms with van der Waals surface area (Å²) in [6.45, 7) is 4.54. The van der Waals surface area contributed by atoms with Gasteiger partial charge >= 0.3 is 0 Å². The van der Waals surface area contributed by atoms with Gasteiger partial charge in [0.1, 0.15) is 24.7 Å². The van der Waals surface area contributed by atoms with E-state index < -0.39 is 0 Å². The first-order valence-corrected chi connectivity index (χ1v) is 11.8. The number of likely N-dealkylation sites (N-methyl/N-ethyl adjacent to an activating group) is 1. The third-order valence-electron chi connectivity index (χ3n) is 5.24. The molecule has 7 nitrogen and oxygen atoms in total. The van der Waals surface area contributed by atoms with Crippen LogP contribution >= 0.6 is 11.6 Å². The van der Waals surface area contributed by atoms with Crippen LogP contribution in [-0.2, 0) is 13.2 Å². The molecule has 186 valence electrons. The van der Waals surface area contributed by atoms with Crippen molar-refractivity contribution < 1.29 is 23.7 Å². The van der Waals surface area contributed by atoms with Crippen LogP contribution in [0.4, 0.5) is 0 Å². The number of halogens is 1. The van der Waals surface area contributed by atoms with Gasteiger partial charge in [0.15, 0.2) is 11.5 Å². The second-order valence-electron chi connectivity index (χ2n) is 7.64. The molecule has 0 spiro atoms. The highest BCUT2D eigenvalue weighted by Crippen LogP contribution is 2.39. The molecule has 0 saturated carbocycles. The predicted molar refractivity (Wildman–Crippen MR) is 137 cm³/mol. The van der Waals surface area contributed by atoms with Gasteiger partial charge in [-0.15, -0.1) is 0 Å². The number of hydrogen-bond donors (Lipinski definition) is 2. The first-order chi connectivity index (χ1) is 17.0. The Hall–Kier alpha value is -3.42. The van der Waals surface area contributed by atoms with Crippen LogP contribution < -0.4 is 29.6 Å². The summed E-state index contributed by atoms with van der Waals surface area (Å²) in [6.07, 6.45) is 0. The molecule has 2 N–H and O–H groups in total. The number of carbonyl (C=O) groups excluding carboxylic acids is 1. The highest BCUT2D eigenvalue weighted by molar-refractivity contribution is 6.35. The van der Waals surface area contributed by atoms with Gasteiger partial charge in [-0.2, -0.15) is 0 Å². The Bertz CT molecular complexity index is 1090. The van der Waals surface area contributed by atoms with Gasteiger partial charge in [0.05, 0.1) is 24.8 Å². The van der Waals surface area contributed by atoms with Gasteiger partial charge in [0, 0.05) is 13.1 Å². The zero-order chi connectivity index (χ0) is 25.0. The van der Waals surface area contributed by atoms with Gasteiger partial charge in [0.25, 0.3) is 5.91 Å². The lowest BCUT2D eigenvalue weighted by Gasteiger charge is -2.17. The summed E-state index contributed by atoms with van der Waals surface area (Å²) in [5, 5.41) is 6.24. The molecule has 0 aromatic heterocycles. The fourth-order valence-electron chi connectivity index (χ4n) is 3.26. The van der Waals surface area contributed by atoms with E-state index in [2.05, 4.69) is 10.6 Å². The molecule has 3 rings (SSSR count). The van der Waals surface area contributed by atoms with Crippen molar-refractivity contribution in [2.45, 2.75) is 20.1 Å². The summed E-state index contributed by atoms with van der Waals surface area (Å²) in [4.78, 5) is 12.7. The maximum atomic E-state index is 12.7. The second kappa shape index (κ2) is 13.5. The average Bonchev–Trinajstić information content (AvgIpc) is 2.89. The number of hydrogen-bond acceptors (Lipinski definition) is 6. The minimum absolute atomic E-state index is 0.201. The third-order valence-corrected chi connectivity index (χ3v) is 5.61. The van der Waals surface area contributed by atoms with Crippen LogP contribution in [0, 0.1) is 0 Å². The highest BCUT2D eigenvalue weighted by Gasteiger charge is 2.19. The molecule has 0 radical (unpaired) electrons. The van der Waals surface area contributed by atoms with Crippen molar-refractivity contribution in [3.05, 3.63) is 82.4 Å². The maximum absolute atomic E-state index is 12.7. The zero-order valence-corrected chi connectivity index (χ0v) is 21.0. The molecule has 0 fully saturated rings. The minimum atomic E-state index is -0.274. The monoisotopic (exact) mass is 498 g/mol. The highest BCUT2D eigenvalue weighted by atomic mass is 35.5. The molecule has 0 bridgehead atoms. The molecule has 0 atom stereocenters. The number of methoxy groups -OCH3 is 2. The molecule has 35 heavy (non-hydrogen) atoms. The molecule has 0 aliphatic heterocycles. The van der Waals surface area contributed by atoms with Gasteiger partial charge in [0.2, 0.25) is 0 Å². The molecule has 0 aliphatic rings. The van der Waals surface area contributed by atoms with Gasteiger partial charge < -0.3 is 29.6 Å². The molecule has 0 saturated heterocycles. The van der Waals surface area contributed by atoms with Gasteiger partial charge in [-0.1, -0.05) is 42.8 Å². The van der Waals surface area contributed by atoms with Crippen LogP contribution in [0.2, 0.25) is 5.02 Å². The first-order valence-electron chi connectivity index (χ1n) is 11.4. The summed E-state index contributed by atoms with van der Waals surface area (Å²) in [7, 11) is 3.24. The van der Waals surface area contributed by atoms with Crippen LogP contribution in [0.1, 0.15) is 28.4 Å². The number of rotatable bonds is 13. The van der Waals surface area contributed by atoms with E-state index in [9.17, 15) is 4.79 Å². The summed E-state index contributed by atoms with van der Waals surface area (Å²) in [5.74, 6) is 2.01. The number of benzene rings is 3. The predicted octanol–water partition coefficient (Wildman–Crippen LogP) is 4.85. The molecule has 8 heteroatoms. The van der Waals surface area contributed by atoms with Crippen molar-refractivity contribution in [1.29, 1.82) is 0 Å². The lowest BCUT2D eigenvalue weighted by Crippen LogP contribution is -2.31. The maximum Gasteiger partial charge on any atom is 0.252 e. The molecule has 3 aromatic rings. The minimum Gasteiger partial charge on any atom is -0.497 e. The number of nitrogens with one attached hydrogen (secondary N) is 2. The van der Waals surface area contributed by atoms with E-state index in [-0.39, 0.29) is 17.5 Å². The Morgan fingerprint density at radius 2 is 1.37 bits per heavy atom. The smallest absolute Gasteiger partial charge is 0.252 e. The Balaban J connectivity index is 1.79. The van der Waals surface area contributed by atoms with E-state index in [4.69, 9.17) is 30.5 Å². The molecular weight excluding hydrogens is 468 g/mol. The van der Waals surface area contributed by atoms with Crippen LogP contribution in [0.3, 0.4) is 0 Å². The fraction of sp³-hybridized carbons (Fsp3) is 0.296. The lowest BCUT2D eigenvalue weighted by atomic mass is 10.1. The first kappa shape index (κ1) is 26.2. The quantitative estimate of drug-likeness (QED) is 0.328. The number of carbonyl (C=O) groups is 1. The molecule has 0 aliphatic carbocycles. The Morgan fingerprint density at radius 1 is 0.800 bits per heavy atom. The zero-order valence-electron chi connectivity index (χ0n) is 20.2. The summed E-state index contributed by atoms with van der Waals surface area (Å²) in [6, 6.07) is 18.5. The summed E-state index contributed by atoms with van der Waals surface area (Å²) in [5.41, 5.74) is 2.20. The van der Waals surface area contributed by atoms with Crippen LogP contribution in [0.15, 0.2) is 60.7 Å². The standard InChI is InChI=1S/C27H31ClN2O5/c1-4-29-15-16-30-27(31)23-13-14-24(34-17-19-5-9-21(32-2)10-6-19)26(25(23)28)35-18-20-7-11-22(33-3)12-8-20/h5-14,29H,4,15-18H2,1-3H3,(H,30,31). The Morgan fingerprint density at radius 3 is 1.91 bits per heavy atom. The van der Waals surface area contributed by atoms with Crippen molar-refractivity contribution in [3.8, 4) is 23.0 Å². The SMILES string of the molecule is CCNCCNC(=O)c1ccc(OCc2ccc(OC)cc2)c(OCc2ccc(OC)cc2)c1Cl. The summed E-state index contributed by atoms with van der Waals surface area (Å²) >= 11 is 6.67. The average molecular weight is 499 g/mol. The second-order valence-corrected chi connectivity index (χ2v) is 8.02. The van der Waals surface area contributed by atoms with E-state index in [1.54, 1.807) is 26.4 Å². The van der Waals surface area contributed by atoms with Crippen LogP contribution in [0.25, 0.3) is 0 Å². The summed E-state index contributed by atoms with van der Waals surface area (Å²) < 4.78 is 22.5. The van der Waals surface area contributed by atoms with Crippen LogP contribution in [-0.4, -0.2) is 39.8 Å². The molecule has 0 heterocycles. The largest absolute Gasteiger partial charge is 0.497 e. The van der Waals surface area contributed by atoms with Crippen molar-refractivity contribution in [3.63, 3.8) is 0 Å². The van der Waals surface area contributed by atoms with Gasteiger partial charge in [-0.3, -0.25) is 4.79 Å². The van der Waals surface area contributed by atoms with Crippen molar-refractivity contribution in [2.24, 2.45) is 0 Å². The number of amides is 1.